The zero-order chi connectivity index (χ0) is 13.1. The zero-order valence-electron chi connectivity index (χ0n) is 11.3. The number of allylic oxidation sites excluding steroid dienone is 6. The van der Waals surface area contributed by atoms with Crippen molar-refractivity contribution >= 4 is 18.0 Å². The van der Waals surface area contributed by atoms with Crippen molar-refractivity contribution in [3.63, 3.8) is 0 Å². The Labute approximate surface area is 110 Å². The van der Waals surface area contributed by atoms with Gasteiger partial charge in [0.2, 0.25) is 0 Å². The van der Waals surface area contributed by atoms with E-state index < -0.39 is 0 Å². The standard InChI is InChI=1S/C15H23NS/c1-6-7-10-15(12-13(2)3)17-14(4)9-8-11-16-5/h6-11,13H,4,12H2,1-3,5H3/b7-6-,9-8-,15-10+,16-11-. The maximum atomic E-state index is 4.03. The van der Waals surface area contributed by atoms with Crippen LogP contribution in [-0.4, -0.2) is 13.3 Å². The summed E-state index contributed by atoms with van der Waals surface area (Å²) in [5.41, 5.74) is 0. The zero-order valence-corrected chi connectivity index (χ0v) is 12.1. The molecule has 0 spiro atoms. The SMILES string of the molecule is C=C(/C=C\C=N/C)S/C(=C/C=C\C)CC(C)C. The minimum absolute atomic E-state index is 0.660. The molecular weight excluding hydrogens is 226 g/mol. The lowest BCUT2D eigenvalue weighted by molar-refractivity contribution is 0.659. The van der Waals surface area contributed by atoms with Gasteiger partial charge in [-0.3, -0.25) is 4.99 Å². The Hall–Kier alpha value is -1.02. The van der Waals surface area contributed by atoms with E-state index in [-0.39, 0.29) is 0 Å². The van der Waals surface area contributed by atoms with E-state index in [1.807, 2.05) is 25.2 Å². The van der Waals surface area contributed by atoms with Crippen LogP contribution in [0.4, 0.5) is 0 Å². The van der Waals surface area contributed by atoms with Gasteiger partial charge in [0.25, 0.3) is 0 Å². The maximum Gasteiger partial charge on any atom is 0.0277 e. The van der Waals surface area contributed by atoms with Crippen molar-refractivity contribution in [2.24, 2.45) is 10.9 Å². The van der Waals surface area contributed by atoms with Crippen LogP contribution in [0.2, 0.25) is 0 Å². The summed E-state index contributed by atoms with van der Waals surface area (Å²) in [7, 11) is 1.76. The molecule has 0 aromatic rings. The summed E-state index contributed by atoms with van der Waals surface area (Å²) in [5, 5.41) is 0. The molecule has 94 valence electrons. The first kappa shape index (κ1) is 16.0. The molecule has 0 aromatic heterocycles. The van der Waals surface area contributed by atoms with Crippen LogP contribution in [0.15, 0.2) is 51.8 Å². The Morgan fingerprint density at radius 3 is 2.59 bits per heavy atom. The van der Waals surface area contributed by atoms with Gasteiger partial charge in [0.1, 0.15) is 0 Å². The highest BCUT2D eigenvalue weighted by molar-refractivity contribution is 8.06. The highest BCUT2D eigenvalue weighted by Crippen LogP contribution is 2.30. The molecule has 0 aliphatic heterocycles. The molecule has 0 aliphatic rings. The van der Waals surface area contributed by atoms with Crippen molar-refractivity contribution in [2.75, 3.05) is 7.05 Å². The molecule has 0 rings (SSSR count). The van der Waals surface area contributed by atoms with Crippen LogP contribution >= 0.6 is 11.8 Å². The number of hydrogen-bond donors (Lipinski definition) is 0. The fourth-order valence-corrected chi connectivity index (χ4v) is 2.24. The lowest BCUT2D eigenvalue weighted by atomic mass is 10.1. The van der Waals surface area contributed by atoms with Gasteiger partial charge in [-0.25, -0.2) is 0 Å². The van der Waals surface area contributed by atoms with Gasteiger partial charge in [0.15, 0.2) is 0 Å². The van der Waals surface area contributed by atoms with Gasteiger partial charge in [-0.05, 0) is 36.3 Å². The lowest BCUT2D eigenvalue weighted by Gasteiger charge is -2.09. The number of rotatable bonds is 7. The Morgan fingerprint density at radius 2 is 2.06 bits per heavy atom. The first-order valence-electron chi connectivity index (χ1n) is 5.87. The second kappa shape index (κ2) is 10.2. The molecule has 0 amide bonds. The molecule has 0 saturated heterocycles. The molecule has 1 nitrogen and oxygen atoms in total. The first-order chi connectivity index (χ1) is 8.10. The van der Waals surface area contributed by atoms with Gasteiger partial charge < -0.3 is 0 Å². The molecule has 0 aliphatic carbocycles. The van der Waals surface area contributed by atoms with E-state index in [0.29, 0.717) is 5.92 Å². The quantitative estimate of drug-likeness (QED) is 0.457. The number of aliphatic imine (C=N–C) groups is 1. The van der Waals surface area contributed by atoms with E-state index in [4.69, 9.17) is 0 Å². The van der Waals surface area contributed by atoms with Crippen LogP contribution in [0.25, 0.3) is 0 Å². The van der Waals surface area contributed by atoms with E-state index >= 15 is 0 Å². The van der Waals surface area contributed by atoms with Crippen molar-refractivity contribution < 1.29 is 0 Å². The van der Waals surface area contributed by atoms with Crippen LogP contribution < -0.4 is 0 Å². The Bertz CT molecular complexity index is 333. The molecule has 2 heteroatoms. The average molecular weight is 249 g/mol. The third-order valence-corrected chi connectivity index (χ3v) is 2.83. The van der Waals surface area contributed by atoms with Crippen LogP contribution in [0.5, 0.6) is 0 Å². The van der Waals surface area contributed by atoms with Crippen LogP contribution in [-0.2, 0) is 0 Å². The number of thioether (sulfide) groups is 1. The molecule has 0 unspecified atom stereocenters. The molecule has 0 fully saturated rings. The van der Waals surface area contributed by atoms with E-state index in [2.05, 4.69) is 37.6 Å². The largest absolute Gasteiger partial charge is 0.297 e. The predicted molar refractivity (Wildman–Crippen MR) is 82.6 cm³/mol. The minimum atomic E-state index is 0.660. The summed E-state index contributed by atoms with van der Waals surface area (Å²) >= 11 is 1.73. The summed E-state index contributed by atoms with van der Waals surface area (Å²) < 4.78 is 0. The summed E-state index contributed by atoms with van der Waals surface area (Å²) in [6.45, 7) is 10.5. The van der Waals surface area contributed by atoms with E-state index in [1.54, 1.807) is 25.0 Å². The fourth-order valence-electron chi connectivity index (χ4n) is 1.19. The molecule has 0 radical (unpaired) electrons. The van der Waals surface area contributed by atoms with Crippen LogP contribution in [0, 0.1) is 5.92 Å². The molecule has 17 heavy (non-hydrogen) atoms. The predicted octanol–water partition coefficient (Wildman–Crippen LogP) is 5.00. The average Bonchev–Trinajstić information content (AvgIpc) is 2.25. The van der Waals surface area contributed by atoms with E-state index in [1.165, 1.54) is 4.91 Å². The first-order valence-corrected chi connectivity index (χ1v) is 6.69. The van der Waals surface area contributed by atoms with Crippen molar-refractivity contribution in [1.29, 1.82) is 0 Å². The Balaban J connectivity index is 4.47. The number of nitrogens with zero attached hydrogens (tertiary/aromatic N) is 1. The van der Waals surface area contributed by atoms with E-state index in [0.717, 1.165) is 11.3 Å². The number of hydrogen-bond acceptors (Lipinski definition) is 2. The molecular formula is C15H23NS. The van der Waals surface area contributed by atoms with Gasteiger partial charge in [-0.1, -0.05) is 50.4 Å². The summed E-state index contributed by atoms with van der Waals surface area (Å²) in [6, 6.07) is 0. The molecule has 0 aromatic carbocycles. The van der Waals surface area contributed by atoms with Crippen molar-refractivity contribution in [2.45, 2.75) is 27.2 Å². The topological polar surface area (TPSA) is 12.4 Å². The maximum absolute atomic E-state index is 4.03. The molecule has 0 heterocycles. The molecule has 0 saturated carbocycles. The minimum Gasteiger partial charge on any atom is -0.297 e. The van der Waals surface area contributed by atoms with E-state index in [9.17, 15) is 0 Å². The third kappa shape index (κ3) is 9.88. The molecule has 0 bridgehead atoms. The highest BCUT2D eigenvalue weighted by atomic mass is 32.2. The second-order valence-electron chi connectivity index (χ2n) is 4.09. The smallest absolute Gasteiger partial charge is 0.0277 e. The highest BCUT2D eigenvalue weighted by Gasteiger charge is 2.02. The van der Waals surface area contributed by atoms with Gasteiger partial charge in [-0.15, -0.1) is 0 Å². The Morgan fingerprint density at radius 1 is 1.35 bits per heavy atom. The van der Waals surface area contributed by atoms with Crippen molar-refractivity contribution in [3.05, 3.63) is 46.8 Å². The lowest BCUT2D eigenvalue weighted by Crippen LogP contribution is -1.88. The normalized spacial score (nSPS) is 13.6. The fraction of sp³-hybridized carbons (Fsp3) is 0.400. The van der Waals surface area contributed by atoms with Gasteiger partial charge >= 0.3 is 0 Å². The van der Waals surface area contributed by atoms with Crippen molar-refractivity contribution in [1.82, 2.24) is 0 Å². The van der Waals surface area contributed by atoms with Gasteiger partial charge in [0.05, 0.1) is 0 Å². The second-order valence-corrected chi connectivity index (χ2v) is 5.34. The summed E-state index contributed by atoms with van der Waals surface area (Å²) in [4.78, 5) is 6.29. The van der Waals surface area contributed by atoms with Gasteiger partial charge in [0, 0.05) is 18.2 Å². The summed E-state index contributed by atoms with van der Waals surface area (Å²) in [6.07, 6.45) is 13.0. The van der Waals surface area contributed by atoms with Crippen LogP contribution in [0.1, 0.15) is 27.2 Å². The summed E-state index contributed by atoms with van der Waals surface area (Å²) in [5.74, 6) is 0.660. The molecule has 0 atom stereocenters. The molecule has 0 N–H and O–H groups in total. The van der Waals surface area contributed by atoms with Crippen LogP contribution in [0.3, 0.4) is 0 Å². The van der Waals surface area contributed by atoms with Crippen molar-refractivity contribution in [3.8, 4) is 0 Å². The third-order valence-electron chi connectivity index (χ3n) is 1.86. The van der Waals surface area contributed by atoms with Gasteiger partial charge in [-0.2, -0.15) is 0 Å². The Kier molecular flexibility index (Phi) is 9.55. The monoisotopic (exact) mass is 249 g/mol.